The zero-order valence-corrected chi connectivity index (χ0v) is 19.6. The van der Waals surface area contributed by atoms with Gasteiger partial charge in [-0.3, -0.25) is 0 Å². The molecule has 0 atom stereocenters. The fourth-order valence-electron chi connectivity index (χ4n) is 7.89. The van der Waals surface area contributed by atoms with Gasteiger partial charge in [-0.25, -0.2) is 0 Å². The van der Waals surface area contributed by atoms with E-state index in [2.05, 4.69) is 108 Å². The highest BCUT2D eigenvalue weighted by Gasteiger charge is 2.66. The van der Waals surface area contributed by atoms with Crippen LogP contribution in [0.5, 0.6) is 0 Å². The minimum atomic E-state index is -1.95. The minimum Gasteiger partial charge on any atom is -0.0651 e. The zero-order chi connectivity index (χ0) is 20.6. The summed E-state index contributed by atoms with van der Waals surface area (Å²) >= 11 is 0. The maximum absolute atomic E-state index is 2.52. The van der Waals surface area contributed by atoms with Crippen molar-refractivity contribution >= 4 is 8.07 Å². The molecule has 29 heavy (non-hydrogen) atoms. The van der Waals surface area contributed by atoms with Gasteiger partial charge in [-0.1, -0.05) is 108 Å². The molecule has 0 nitrogen and oxygen atoms in total. The lowest BCUT2D eigenvalue weighted by atomic mass is 9.91. The highest BCUT2D eigenvalue weighted by molar-refractivity contribution is 6.88. The molecule has 5 rings (SSSR count). The molecule has 1 heteroatoms. The summed E-state index contributed by atoms with van der Waals surface area (Å²) < 4.78 is 0. The van der Waals surface area contributed by atoms with Crippen LogP contribution in [-0.4, -0.2) is 8.07 Å². The van der Waals surface area contributed by atoms with Crippen molar-refractivity contribution in [3.8, 4) is 22.3 Å². The Kier molecular flexibility index (Phi) is 4.03. The lowest BCUT2D eigenvalue weighted by Gasteiger charge is -2.56. The molecule has 0 saturated carbocycles. The number of fused-ring (bicyclic) bond motifs is 6. The summed E-state index contributed by atoms with van der Waals surface area (Å²) in [5.41, 5.74) is 12.7. The van der Waals surface area contributed by atoms with Crippen LogP contribution in [0, 0.1) is 0 Å². The Hall–Kier alpha value is -2.12. The number of hydrogen-bond acceptors (Lipinski definition) is 0. The highest BCUT2D eigenvalue weighted by atomic mass is 28.3. The van der Waals surface area contributed by atoms with Crippen LogP contribution >= 0.6 is 0 Å². The topological polar surface area (TPSA) is 0 Å². The second-order valence-corrected chi connectivity index (χ2v) is 16.0. The molecule has 0 amide bonds. The average molecular weight is 397 g/mol. The fourth-order valence-corrected chi connectivity index (χ4v) is 16.6. The van der Waals surface area contributed by atoms with Crippen LogP contribution in [0.4, 0.5) is 0 Å². The molecule has 0 aliphatic heterocycles. The van der Waals surface area contributed by atoms with Crippen LogP contribution in [-0.2, 0) is 5.04 Å². The highest BCUT2D eigenvalue weighted by Crippen LogP contribution is 2.70. The van der Waals surface area contributed by atoms with Gasteiger partial charge in [0.15, 0.2) is 0 Å². The molecular formula is C28H32Si. The van der Waals surface area contributed by atoms with Gasteiger partial charge in [-0.2, -0.15) is 0 Å². The third kappa shape index (κ3) is 1.95. The van der Waals surface area contributed by atoms with E-state index in [9.17, 15) is 0 Å². The summed E-state index contributed by atoms with van der Waals surface area (Å²) in [6, 6.07) is 25.7. The van der Waals surface area contributed by atoms with E-state index in [1.54, 1.807) is 16.7 Å². The van der Waals surface area contributed by atoms with Gasteiger partial charge in [0.25, 0.3) is 0 Å². The van der Waals surface area contributed by atoms with E-state index in [1.165, 1.54) is 22.3 Å². The largest absolute Gasteiger partial charge is 0.0836 e. The van der Waals surface area contributed by atoms with Crippen LogP contribution in [0.15, 0.2) is 66.7 Å². The van der Waals surface area contributed by atoms with E-state index in [0.29, 0.717) is 16.6 Å². The predicted octanol–water partition coefficient (Wildman–Crippen LogP) is 8.20. The third-order valence-corrected chi connectivity index (χ3v) is 16.0. The first-order valence-corrected chi connectivity index (χ1v) is 13.5. The fraction of sp³-hybridized carbons (Fsp3) is 0.357. The van der Waals surface area contributed by atoms with Crippen molar-refractivity contribution in [3.63, 3.8) is 0 Å². The molecule has 0 radical (unpaired) electrons. The quantitative estimate of drug-likeness (QED) is 0.390. The van der Waals surface area contributed by atoms with Crippen molar-refractivity contribution in [1.82, 2.24) is 0 Å². The van der Waals surface area contributed by atoms with E-state index in [4.69, 9.17) is 0 Å². The Balaban J connectivity index is 2.07. The third-order valence-electron chi connectivity index (χ3n) is 8.20. The molecular weight excluding hydrogens is 364 g/mol. The number of hydrogen-bond donors (Lipinski definition) is 0. The summed E-state index contributed by atoms with van der Waals surface area (Å²) in [4.78, 5) is 0. The molecule has 0 fully saturated rings. The van der Waals surface area contributed by atoms with Crippen molar-refractivity contribution < 1.29 is 0 Å². The molecule has 0 heterocycles. The van der Waals surface area contributed by atoms with Gasteiger partial charge in [0.05, 0.1) is 8.07 Å². The van der Waals surface area contributed by atoms with E-state index < -0.39 is 8.07 Å². The molecule has 3 aromatic carbocycles. The second kappa shape index (κ2) is 6.19. The predicted molar refractivity (Wildman–Crippen MR) is 128 cm³/mol. The average Bonchev–Trinajstić information content (AvgIpc) is 3.16. The summed E-state index contributed by atoms with van der Waals surface area (Å²) in [6.07, 6.45) is 0. The Labute approximate surface area is 177 Å². The Morgan fingerprint density at radius 1 is 0.517 bits per heavy atom. The summed E-state index contributed by atoms with van der Waals surface area (Å²) in [7, 11) is -1.95. The summed E-state index contributed by atoms with van der Waals surface area (Å²) in [5, 5.41) is 0.0443. The molecule has 148 valence electrons. The van der Waals surface area contributed by atoms with Crippen LogP contribution < -0.4 is 0 Å². The molecule has 0 saturated heterocycles. The second-order valence-electron chi connectivity index (χ2n) is 9.97. The number of benzene rings is 3. The molecule has 2 aliphatic rings. The molecule has 3 aromatic rings. The van der Waals surface area contributed by atoms with Gasteiger partial charge >= 0.3 is 0 Å². The van der Waals surface area contributed by atoms with Gasteiger partial charge in [0.2, 0.25) is 0 Å². The maximum atomic E-state index is 2.52. The van der Waals surface area contributed by atoms with Crippen molar-refractivity contribution in [1.29, 1.82) is 0 Å². The first-order chi connectivity index (χ1) is 13.9. The molecule has 0 unspecified atom stereocenters. The van der Waals surface area contributed by atoms with Gasteiger partial charge in [0, 0.05) is 5.04 Å². The lowest BCUT2D eigenvalue weighted by Crippen LogP contribution is -2.62. The zero-order valence-electron chi connectivity index (χ0n) is 18.6. The lowest BCUT2D eigenvalue weighted by molar-refractivity contribution is 0.706. The Bertz CT molecular complexity index is 1020. The monoisotopic (exact) mass is 396 g/mol. The normalized spacial score (nSPS) is 15.8. The molecule has 2 aliphatic carbocycles. The van der Waals surface area contributed by atoms with Crippen molar-refractivity contribution in [2.75, 3.05) is 0 Å². The molecule has 0 aromatic heterocycles. The van der Waals surface area contributed by atoms with Crippen LogP contribution in [0.2, 0.25) is 16.6 Å². The van der Waals surface area contributed by atoms with Crippen LogP contribution in [0.25, 0.3) is 22.3 Å². The first-order valence-electron chi connectivity index (χ1n) is 11.2. The molecule has 0 N–H and O–H groups in total. The minimum absolute atomic E-state index is 0.0443. The molecule has 0 bridgehead atoms. The summed E-state index contributed by atoms with van der Waals surface area (Å²) in [6.45, 7) is 15.1. The van der Waals surface area contributed by atoms with Crippen LogP contribution in [0.1, 0.15) is 58.2 Å². The van der Waals surface area contributed by atoms with Gasteiger partial charge in [-0.05, 0) is 55.6 Å². The maximum Gasteiger partial charge on any atom is 0.0836 e. The smallest absolute Gasteiger partial charge is 0.0651 e. The van der Waals surface area contributed by atoms with E-state index in [0.717, 1.165) is 0 Å². The Morgan fingerprint density at radius 3 is 1.31 bits per heavy atom. The first kappa shape index (κ1) is 18.9. The standard InChI is InChI=1S/C28H32Si/c1-18(2)29(19(3)4,20(5)6)28-25-16-9-7-12-21(25)23-14-11-15-24(27(23)28)22-13-8-10-17-26(22)28/h7-20H,1-6H3. The number of rotatable bonds is 4. The SMILES string of the molecule is CC(C)[Si](C(C)C)(C(C)C)C12c3ccccc3-c3cccc(c31)-c1ccccc12. The van der Waals surface area contributed by atoms with Crippen molar-refractivity contribution in [3.05, 3.63) is 83.4 Å². The molecule has 0 spiro atoms. The Morgan fingerprint density at radius 2 is 0.897 bits per heavy atom. The van der Waals surface area contributed by atoms with Gasteiger partial charge < -0.3 is 0 Å². The summed E-state index contributed by atoms with van der Waals surface area (Å²) in [5.74, 6) is 0. The van der Waals surface area contributed by atoms with E-state index >= 15 is 0 Å². The van der Waals surface area contributed by atoms with E-state index in [1.807, 2.05) is 0 Å². The van der Waals surface area contributed by atoms with Crippen LogP contribution in [0.3, 0.4) is 0 Å². The van der Waals surface area contributed by atoms with Gasteiger partial charge in [-0.15, -0.1) is 0 Å². The van der Waals surface area contributed by atoms with E-state index in [-0.39, 0.29) is 5.04 Å². The van der Waals surface area contributed by atoms with Crippen molar-refractivity contribution in [2.45, 2.75) is 63.2 Å². The van der Waals surface area contributed by atoms with Crippen molar-refractivity contribution in [2.24, 2.45) is 0 Å². The van der Waals surface area contributed by atoms with Gasteiger partial charge in [0.1, 0.15) is 0 Å².